The van der Waals surface area contributed by atoms with E-state index < -0.39 is 0 Å². The van der Waals surface area contributed by atoms with E-state index in [4.69, 9.17) is 11.6 Å². The van der Waals surface area contributed by atoms with Crippen LogP contribution in [-0.4, -0.2) is 38.0 Å². The molecule has 2 aliphatic rings. The van der Waals surface area contributed by atoms with E-state index in [0.29, 0.717) is 29.2 Å². The van der Waals surface area contributed by atoms with E-state index in [2.05, 4.69) is 20.1 Å². The van der Waals surface area contributed by atoms with Crippen molar-refractivity contribution in [2.75, 3.05) is 11.9 Å². The predicted molar refractivity (Wildman–Crippen MR) is 127 cm³/mol. The highest BCUT2D eigenvalue weighted by Crippen LogP contribution is 2.31. The molecule has 0 atom stereocenters. The summed E-state index contributed by atoms with van der Waals surface area (Å²) in [5, 5.41) is 12.3. The molecule has 1 aromatic heterocycles. The molecule has 8 heteroatoms. The van der Waals surface area contributed by atoms with Gasteiger partial charge >= 0.3 is 0 Å². The van der Waals surface area contributed by atoms with Gasteiger partial charge in [-0.1, -0.05) is 30.2 Å². The molecule has 3 aromatic rings. The van der Waals surface area contributed by atoms with Crippen LogP contribution in [0.3, 0.4) is 0 Å². The fraction of sp³-hybridized carbons (Fsp3) is 0.360. The second kappa shape index (κ2) is 9.35. The number of carbonyl (C=O) groups excluding carboxylic acids is 2. The average molecular weight is 464 g/mol. The standard InChI is InChI=1S/C25H26ClN5O2/c26-21-12-11-19(15-20(21)24-29-28-22-5-2-1-3-14-31(22)24)27-25(33)18-9-7-17(8-10-18)16-30-13-4-6-23(30)32/h7-12,15H,1-6,13-14,16H2,(H,27,33). The van der Waals surface area contributed by atoms with Crippen molar-refractivity contribution in [2.24, 2.45) is 0 Å². The first-order valence-electron chi connectivity index (χ1n) is 11.5. The van der Waals surface area contributed by atoms with Crippen LogP contribution in [0.2, 0.25) is 5.02 Å². The molecule has 1 saturated heterocycles. The molecule has 0 bridgehead atoms. The number of carbonyl (C=O) groups is 2. The van der Waals surface area contributed by atoms with E-state index in [1.807, 2.05) is 23.1 Å². The van der Waals surface area contributed by atoms with Gasteiger partial charge in [0, 0.05) is 49.3 Å². The Hall–Kier alpha value is -3.19. The van der Waals surface area contributed by atoms with E-state index >= 15 is 0 Å². The third-order valence-electron chi connectivity index (χ3n) is 6.34. The molecule has 0 spiro atoms. The number of halogens is 1. The van der Waals surface area contributed by atoms with Crippen molar-refractivity contribution >= 4 is 29.1 Å². The van der Waals surface area contributed by atoms with Crippen LogP contribution in [0.4, 0.5) is 5.69 Å². The summed E-state index contributed by atoms with van der Waals surface area (Å²) in [6, 6.07) is 12.8. The molecule has 170 valence electrons. The van der Waals surface area contributed by atoms with Crippen molar-refractivity contribution < 1.29 is 9.59 Å². The lowest BCUT2D eigenvalue weighted by Crippen LogP contribution is -2.23. The molecule has 0 radical (unpaired) electrons. The number of rotatable bonds is 5. The van der Waals surface area contributed by atoms with Gasteiger partial charge in [-0.15, -0.1) is 10.2 Å². The van der Waals surface area contributed by atoms with Crippen molar-refractivity contribution in [1.82, 2.24) is 19.7 Å². The number of nitrogens with zero attached hydrogens (tertiary/aromatic N) is 4. The van der Waals surface area contributed by atoms with Gasteiger partial charge in [-0.25, -0.2) is 0 Å². The van der Waals surface area contributed by atoms with Gasteiger partial charge in [0.05, 0.1) is 5.02 Å². The predicted octanol–water partition coefficient (Wildman–Crippen LogP) is 4.70. The van der Waals surface area contributed by atoms with Crippen molar-refractivity contribution in [1.29, 1.82) is 0 Å². The maximum atomic E-state index is 12.8. The van der Waals surface area contributed by atoms with Crippen molar-refractivity contribution in [2.45, 2.75) is 51.6 Å². The van der Waals surface area contributed by atoms with Crippen LogP contribution in [0.5, 0.6) is 0 Å². The Labute approximate surface area is 197 Å². The Morgan fingerprint density at radius 1 is 0.970 bits per heavy atom. The van der Waals surface area contributed by atoms with E-state index in [1.54, 1.807) is 24.3 Å². The molecule has 0 aliphatic carbocycles. The second-order valence-electron chi connectivity index (χ2n) is 8.67. The minimum atomic E-state index is -0.202. The van der Waals surface area contributed by atoms with E-state index in [0.717, 1.165) is 61.5 Å². The van der Waals surface area contributed by atoms with E-state index in [-0.39, 0.29) is 11.8 Å². The van der Waals surface area contributed by atoms with E-state index in [9.17, 15) is 9.59 Å². The number of fused-ring (bicyclic) bond motifs is 1. The monoisotopic (exact) mass is 463 g/mol. The first-order valence-corrected chi connectivity index (χ1v) is 11.9. The Morgan fingerprint density at radius 2 is 1.82 bits per heavy atom. The van der Waals surface area contributed by atoms with Crippen LogP contribution < -0.4 is 5.32 Å². The van der Waals surface area contributed by atoms with Crippen LogP contribution in [0.15, 0.2) is 42.5 Å². The highest BCUT2D eigenvalue weighted by atomic mass is 35.5. The van der Waals surface area contributed by atoms with Crippen LogP contribution >= 0.6 is 11.6 Å². The summed E-state index contributed by atoms with van der Waals surface area (Å²) in [5.41, 5.74) is 2.99. The molecule has 1 N–H and O–H groups in total. The molecule has 5 rings (SSSR count). The number of likely N-dealkylation sites (tertiary alicyclic amines) is 1. The van der Waals surface area contributed by atoms with Gasteiger partial charge in [0.25, 0.3) is 5.91 Å². The molecular weight excluding hydrogens is 438 g/mol. The van der Waals surface area contributed by atoms with Gasteiger partial charge in [0.1, 0.15) is 5.82 Å². The molecule has 0 unspecified atom stereocenters. The number of aromatic nitrogens is 3. The zero-order valence-electron chi connectivity index (χ0n) is 18.4. The topological polar surface area (TPSA) is 80.1 Å². The summed E-state index contributed by atoms with van der Waals surface area (Å²) in [6.07, 6.45) is 5.85. The first-order chi connectivity index (χ1) is 16.1. The van der Waals surface area contributed by atoms with Crippen LogP contribution in [0.25, 0.3) is 11.4 Å². The Bertz CT molecular complexity index is 1190. The highest BCUT2D eigenvalue weighted by molar-refractivity contribution is 6.33. The highest BCUT2D eigenvalue weighted by Gasteiger charge is 2.21. The Balaban J connectivity index is 1.31. The molecule has 1 fully saturated rings. The lowest BCUT2D eigenvalue weighted by atomic mass is 10.1. The van der Waals surface area contributed by atoms with Crippen LogP contribution in [0.1, 0.15) is 53.8 Å². The third-order valence-corrected chi connectivity index (χ3v) is 6.67. The fourth-order valence-corrected chi connectivity index (χ4v) is 4.72. The fourth-order valence-electron chi connectivity index (χ4n) is 4.52. The summed E-state index contributed by atoms with van der Waals surface area (Å²) >= 11 is 6.50. The maximum absolute atomic E-state index is 12.8. The number of aryl methyl sites for hydroxylation is 1. The van der Waals surface area contributed by atoms with Gasteiger partial charge in [-0.2, -0.15) is 0 Å². The summed E-state index contributed by atoms with van der Waals surface area (Å²) in [5.74, 6) is 1.73. The van der Waals surface area contributed by atoms with Crippen molar-refractivity contribution in [3.8, 4) is 11.4 Å². The SMILES string of the molecule is O=C(Nc1ccc(Cl)c(-c2nnc3n2CCCCC3)c1)c1ccc(CN2CCCC2=O)cc1. The summed E-state index contributed by atoms with van der Waals surface area (Å²) < 4.78 is 2.14. The lowest BCUT2D eigenvalue weighted by molar-refractivity contribution is -0.128. The number of amides is 2. The minimum Gasteiger partial charge on any atom is -0.338 e. The normalized spacial score (nSPS) is 15.9. The zero-order valence-corrected chi connectivity index (χ0v) is 19.1. The number of nitrogens with one attached hydrogen (secondary N) is 1. The third kappa shape index (κ3) is 4.64. The van der Waals surface area contributed by atoms with Crippen molar-refractivity contribution in [3.63, 3.8) is 0 Å². The largest absolute Gasteiger partial charge is 0.338 e. The quantitative estimate of drug-likeness (QED) is 0.594. The molecule has 2 aromatic carbocycles. The molecule has 3 heterocycles. The molecule has 7 nitrogen and oxygen atoms in total. The first kappa shape index (κ1) is 21.6. The molecular formula is C25H26ClN5O2. The number of hydrogen-bond acceptors (Lipinski definition) is 4. The Kier molecular flexibility index (Phi) is 6.13. The van der Waals surface area contributed by atoms with Gasteiger partial charge in [-0.3, -0.25) is 9.59 Å². The molecule has 2 aliphatic heterocycles. The zero-order chi connectivity index (χ0) is 22.8. The molecule has 2 amide bonds. The summed E-state index contributed by atoms with van der Waals surface area (Å²) in [4.78, 5) is 26.5. The van der Waals surface area contributed by atoms with Gasteiger partial charge in [0.15, 0.2) is 5.82 Å². The molecule has 33 heavy (non-hydrogen) atoms. The number of anilines is 1. The number of benzene rings is 2. The van der Waals surface area contributed by atoms with Gasteiger partial charge in [0.2, 0.25) is 5.91 Å². The lowest BCUT2D eigenvalue weighted by Gasteiger charge is -2.15. The summed E-state index contributed by atoms with van der Waals surface area (Å²) in [6.45, 7) is 2.26. The summed E-state index contributed by atoms with van der Waals surface area (Å²) in [7, 11) is 0. The van der Waals surface area contributed by atoms with Crippen LogP contribution in [-0.2, 0) is 24.3 Å². The van der Waals surface area contributed by atoms with Crippen molar-refractivity contribution in [3.05, 3.63) is 64.4 Å². The minimum absolute atomic E-state index is 0.194. The van der Waals surface area contributed by atoms with Crippen LogP contribution in [0, 0.1) is 0 Å². The van der Waals surface area contributed by atoms with E-state index in [1.165, 1.54) is 6.42 Å². The smallest absolute Gasteiger partial charge is 0.255 e. The average Bonchev–Trinajstić information content (AvgIpc) is 3.33. The Morgan fingerprint density at radius 3 is 2.61 bits per heavy atom. The number of hydrogen-bond donors (Lipinski definition) is 1. The maximum Gasteiger partial charge on any atom is 0.255 e. The second-order valence-corrected chi connectivity index (χ2v) is 9.07. The van der Waals surface area contributed by atoms with Gasteiger partial charge < -0.3 is 14.8 Å². The van der Waals surface area contributed by atoms with Gasteiger partial charge in [-0.05, 0) is 55.2 Å². The molecule has 0 saturated carbocycles.